The largest absolute Gasteiger partial charge is 0.326 e. The topological polar surface area (TPSA) is 263 Å². The minimum Gasteiger partial charge on any atom is -0.326 e. The fourth-order valence-corrected chi connectivity index (χ4v) is 21.4. The number of likely N-dealkylation sites (tertiary alicyclic amines) is 4. The maximum Gasteiger partial charge on any atom is 0.151 e. The summed E-state index contributed by atoms with van der Waals surface area (Å²) in [7, 11) is 4.33. The SMILES string of the molecule is Cc1nc2c(F)cc(-c3cc(Cc4ncc(C5CCN(C)CC5)cn4)ncc3F)cc2n1C(C)C.Cc1nc2c(F)cc(-c3cc(Cc4ncc(C5CCNCC5)cn4)ncc3F)cc2n1C(C)C.Cc1nc2c(F)cc(-c3cc(Cc4ncc(CN5C[C@H]6CN(C)[C@H]6C5)cn4)ncc3F)cc2n1C(C)C.Cc1nc2c(F)cc(-c3cc(Cc4ncc(CN5C[C@H]6CN[C@H]6C5)cn4)ncc3F)cc2n1C(C)C. The smallest absolute Gasteiger partial charge is 0.151 e. The summed E-state index contributed by atoms with van der Waals surface area (Å²) >= 11 is 0. The predicted molar refractivity (Wildman–Crippen MR) is 531 cm³/mol. The zero-order chi connectivity index (χ0) is 99.3. The van der Waals surface area contributed by atoms with Gasteiger partial charge in [-0.1, -0.05) is 0 Å². The molecule has 4 atom stereocenters. The Labute approximate surface area is 819 Å². The Balaban J connectivity index is 0.000000120. The number of hydrogen-bond donors (Lipinski definition) is 2. The van der Waals surface area contributed by atoms with Gasteiger partial charge in [-0.15, -0.1) is 0 Å². The Morgan fingerprint density at radius 2 is 0.634 bits per heavy atom. The number of imidazole rings is 4. The van der Waals surface area contributed by atoms with Crippen molar-refractivity contribution < 1.29 is 35.1 Å². The lowest BCUT2D eigenvalue weighted by atomic mass is 9.91. The highest BCUT2D eigenvalue weighted by atomic mass is 19.2. The van der Waals surface area contributed by atoms with Crippen LogP contribution in [0.4, 0.5) is 35.1 Å². The van der Waals surface area contributed by atoms with Gasteiger partial charge in [-0.05, 0) is 267 Å². The predicted octanol–water partition coefficient (Wildman–Crippen LogP) is 19.0. The van der Waals surface area contributed by atoms with Gasteiger partial charge in [0.05, 0.1) is 72.5 Å². The number of pyridine rings is 4. The first-order valence-electron chi connectivity index (χ1n) is 49.1. The lowest BCUT2D eigenvalue weighted by Crippen LogP contribution is -2.52. The maximum atomic E-state index is 15.0. The highest BCUT2D eigenvalue weighted by Gasteiger charge is 2.44. The second kappa shape index (κ2) is 41.4. The molecule has 0 unspecified atom stereocenters. The standard InChI is InChI=1S/C28H31F2N7.C27H29F2N7.C27H30F2N6.C26H28F2N6/c1-16(2)37-17(3)34-28-23(29)5-19(6-25(28)37)22-7-21(31-11-24(22)30)8-27-32-9-18(10-33-27)12-36-14-20-13-35(4)26(20)15-36;1-15(2)36-16(3)34-27-22(28)4-18(5-25(27)36)21-6-20(30-11-23(21)29)7-26-32-8-17(9-33-26)12-35-13-19-10-31-24(19)14-35;1-16(2)35-17(3)33-27-23(28)9-19(10-25(27)35)22-11-21(30-15-24(22)29)12-26-31-13-20(14-32-26)18-5-7-34(4)8-6-18;1-15(2)34-16(3)33-26-22(27)8-18(9-24(26)34)21-10-20(30-14-23(21)28)11-25-31-12-19(13-32-25)17-4-6-29-7-5-17/h5-7,9-11,16,20,26H,8,12-15H2,1-4H3;4-6,8-9,11,15,19,24,31H,7,10,12-14H2,1-3H3;9-11,13-16,18H,5-8,12H2,1-4H3;8-10,12-15,17,29H,4-7,11H2,1-3H3/t20-,26+;19-,24+;;/m11../s1. The molecule has 26 nitrogen and oxygen atoms in total. The molecule has 6 aliphatic rings. The average molecular weight is 1930 g/mol. The van der Waals surface area contributed by atoms with Gasteiger partial charge >= 0.3 is 0 Å². The number of benzene rings is 4. The number of rotatable bonds is 22. The van der Waals surface area contributed by atoms with Crippen LogP contribution in [0.25, 0.3) is 88.6 Å². The summed E-state index contributed by atoms with van der Waals surface area (Å²) in [5.74, 6) is 4.02. The molecule has 12 aromatic heterocycles. The molecule has 142 heavy (non-hydrogen) atoms. The van der Waals surface area contributed by atoms with E-state index in [1.54, 1.807) is 48.5 Å². The normalized spacial score (nSPS) is 17.6. The zero-order valence-corrected chi connectivity index (χ0v) is 82.5. The van der Waals surface area contributed by atoms with Crippen LogP contribution < -0.4 is 10.6 Å². The van der Waals surface area contributed by atoms with Crippen molar-refractivity contribution in [2.24, 2.45) is 11.8 Å². The van der Waals surface area contributed by atoms with Crippen LogP contribution in [0, 0.1) is 86.1 Å². The Bertz CT molecular complexity index is 7280. The van der Waals surface area contributed by atoms with E-state index in [2.05, 4.69) is 124 Å². The average Bonchev–Trinajstić information content (AvgIpc) is 1.62. The van der Waals surface area contributed by atoms with E-state index in [1.807, 2.05) is 151 Å². The third kappa shape index (κ3) is 20.9. The zero-order valence-electron chi connectivity index (χ0n) is 82.5. The molecule has 2 N–H and O–H groups in total. The van der Waals surface area contributed by atoms with E-state index >= 15 is 0 Å². The number of aryl methyl sites for hydroxylation is 4. The molecular weight excluding hydrogens is 1810 g/mol. The molecule has 6 aliphatic heterocycles. The number of fused-ring (bicyclic) bond motifs is 6. The van der Waals surface area contributed by atoms with Crippen molar-refractivity contribution in [3.8, 4) is 44.5 Å². The van der Waals surface area contributed by atoms with Gasteiger partial charge in [-0.3, -0.25) is 29.7 Å². The maximum absolute atomic E-state index is 15.0. The van der Waals surface area contributed by atoms with Gasteiger partial charge in [-0.25, -0.2) is 94.9 Å². The molecule has 22 rings (SSSR count). The van der Waals surface area contributed by atoms with Gasteiger partial charge in [0.2, 0.25) is 0 Å². The van der Waals surface area contributed by atoms with Crippen molar-refractivity contribution in [3.05, 3.63) is 285 Å². The van der Waals surface area contributed by atoms with Gasteiger partial charge in [0.15, 0.2) is 23.3 Å². The first-order valence-corrected chi connectivity index (χ1v) is 49.1. The van der Waals surface area contributed by atoms with Gasteiger partial charge < -0.3 is 38.7 Å². The van der Waals surface area contributed by atoms with E-state index in [9.17, 15) is 35.1 Å². The van der Waals surface area contributed by atoms with Gasteiger partial charge in [0, 0.05) is 206 Å². The summed E-state index contributed by atoms with van der Waals surface area (Å²) in [6.07, 6.45) is 25.6. The Morgan fingerprint density at radius 3 is 0.915 bits per heavy atom. The van der Waals surface area contributed by atoms with Crippen LogP contribution in [0.3, 0.4) is 0 Å². The Morgan fingerprint density at radius 1 is 0.331 bits per heavy atom. The van der Waals surface area contributed by atoms with Gasteiger partial charge in [-0.2, -0.15) is 0 Å². The summed E-state index contributed by atoms with van der Waals surface area (Å²) in [6, 6.07) is 20.9. The fraction of sp³-hybridized carbons (Fsp3) is 0.407. The molecular formula is C108H118F8N26. The summed E-state index contributed by atoms with van der Waals surface area (Å²) in [6.45, 7) is 36.1. The van der Waals surface area contributed by atoms with E-state index in [-0.39, 0.29) is 24.2 Å². The van der Waals surface area contributed by atoms with Crippen molar-refractivity contribution in [1.29, 1.82) is 0 Å². The quantitative estimate of drug-likeness (QED) is 0.0597. The van der Waals surface area contributed by atoms with Crippen molar-refractivity contribution in [2.75, 3.05) is 79.5 Å². The molecule has 0 saturated carbocycles. The molecule has 6 saturated heterocycles. The summed E-state index contributed by atoms with van der Waals surface area (Å²) < 4.78 is 127. The molecule has 4 aromatic carbocycles. The highest BCUT2D eigenvalue weighted by Crippen LogP contribution is 2.40. The third-order valence-electron chi connectivity index (χ3n) is 28.5. The molecule has 18 heterocycles. The molecule has 6 fully saturated rings. The van der Waals surface area contributed by atoms with E-state index in [1.165, 1.54) is 55.6 Å². The van der Waals surface area contributed by atoms with Crippen molar-refractivity contribution in [3.63, 3.8) is 0 Å². The molecule has 0 bridgehead atoms. The van der Waals surface area contributed by atoms with Crippen LogP contribution in [0.2, 0.25) is 0 Å². The summed E-state index contributed by atoms with van der Waals surface area (Å²) in [5, 5.41) is 6.84. The lowest BCUT2D eigenvalue weighted by Gasteiger charge is -2.40. The monoisotopic (exact) mass is 1930 g/mol. The first-order chi connectivity index (χ1) is 68.3. The molecule has 0 spiro atoms. The van der Waals surface area contributed by atoms with Crippen LogP contribution in [0.5, 0.6) is 0 Å². The third-order valence-corrected chi connectivity index (χ3v) is 28.5. The van der Waals surface area contributed by atoms with Crippen LogP contribution in [-0.2, 0) is 38.8 Å². The van der Waals surface area contributed by atoms with Crippen LogP contribution in [0.1, 0.15) is 209 Å². The summed E-state index contributed by atoms with van der Waals surface area (Å²) in [4.78, 5) is 80.4. The van der Waals surface area contributed by atoms with Gasteiger partial charge in [0.1, 0.15) is 91.9 Å². The van der Waals surface area contributed by atoms with Crippen molar-refractivity contribution in [1.82, 2.24) is 128 Å². The number of hydrogen-bond acceptors (Lipinski definition) is 22. The number of nitrogens with one attached hydrogen (secondary N) is 2. The first kappa shape index (κ1) is 97.7. The molecule has 0 radical (unpaired) electrons. The van der Waals surface area contributed by atoms with E-state index in [0.717, 1.165) is 155 Å². The lowest BCUT2D eigenvalue weighted by molar-refractivity contribution is 0.0825. The number of nitrogens with zero attached hydrogens (tertiary/aromatic N) is 24. The Hall–Kier alpha value is -13.1. The molecule has 0 amide bonds. The fourth-order valence-electron chi connectivity index (χ4n) is 21.4. The molecule has 0 aliphatic carbocycles. The second-order valence-corrected chi connectivity index (χ2v) is 40.0. The summed E-state index contributed by atoms with van der Waals surface area (Å²) in [5.41, 5.74) is 13.8. The van der Waals surface area contributed by atoms with Crippen LogP contribution in [0.15, 0.2) is 147 Å². The van der Waals surface area contributed by atoms with Crippen LogP contribution in [-0.4, -0.2) is 209 Å². The Kier molecular flexibility index (Phi) is 28.5. The van der Waals surface area contributed by atoms with E-state index < -0.39 is 46.5 Å². The minimum atomic E-state index is -0.504. The molecule has 34 heteroatoms. The van der Waals surface area contributed by atoms with Crippen molar-refractivity contribution >= 4 is 44.1 Å². The van der Waals surface area contributed by atoms with E-state index in [0.29, 0.717) is 184 Å². The number of piperidine rings is 2. The minimum absolute atomic E-state index is 0.0968. The highest BCUT2D eigenvalue weighted by molar-refractivity contribution is 5.87. The number of likely N-dealkylation sites (N-methyl/N-ethyl adjacent to an activating group) is 1. The second-order valence-electron chi connectivity index (χ2n) is 40.0. The van der Waals surface area contributed by atoms with Crippen molar-refractivity contribution in [2.45, 2.75) is 196 Å². The van der Waals surface area contributed by atoms with Crippen LogP contribution >= 0.6 is 0 Å². The number of halogens is 8. The number of aromatic nitrogens is 20. The van der Waals surface area contributed by atoms with Gasteiger partial charge in [0.25, 0.3) is 0 Å². The molecule has 736 valence electrons. The van der Waals surface area contributed by atoms with E-state index in [4.69, 9.17) is 0 Å². The molecule has 16 aromatic rings.